The molecule has 12 heavy (non-hydrogen) atoms. The van der Waals surface area contributed by atoms with Gasteiger partial charge in [0, 0.05) is 12.6 Å². The summed E-state index contributed by atoms with van der Waals surface area (Å²) in [7, 11) is 1.82. The Kier molecular flexibility index (Phi) is 1.59. The first-order valence-electron chi connectivity index (χ1n) is 3.83. The predicted octanol–water partition coefficient (Wildman–Crippen LogP) is 1.29. The molecule has 0 bridgehead atoms. The molecule has 0 amide bonds. The number of likely N-dealkylation sites (N-methyl/N-ethyl adjacent to an activating group) is 1. The molecule has 2 rings (SSSR count). The van der Waals surface area contributed by atoms with E-state index in [1.54, 1.807) is 5.06 Å². The molecule has 0 aliphatic carbocycles. The minimum absolute atomic E-state index is 0.553. The highest BCUT2D eigenvalue weighted by Gasteiger charge is 2.17. The Labute approximate surface area is 71.0 Å². The Balaban J connectivity index is 2.47. The Morgan fingerprint density at radius 1 is 1.42 bits per heavy atom. The smallest absolute Gasteiger partial charge is 0.156 e. The van der Waals surface area contributed by atoms with E-state index >= 15 is 0 Å². The second-order valence-corrected chi connectivity index (χ2v) is 2.85. The summed E-state index contributed by atoms with van der Waals surface area (Å²) in [5.41, 5.74) is 1.51. The topological polar surface area (TPSA) is 36.3 Å². The Hall–Kier alpha value is -1.35. The van der Waals surface area contributed by atoms with Crippen molar-refractivity contribution in [1.82, 2.24) is 5.06 Å². The molecule has 0 saturated heterocycles. The number of para-hydroxylation sites is 1. The van der Waals surface area contributed by atoms with Crippen molar-refractivity contribution in [1.29, 1.82) is 5.41 Å². The van der Waals surface area contributed by atoms with Gasteiger partial charge in [0.2, 0.25) is 0 Å². The SMILES string of the molecule is CN1CC(=N)c2ccccc2O1. The van der Waals surface area contributed by atoms with Gasteiger partial charge >= 0.3 is 0 Å². The molecule has 62 valence electrons. The van der Waals surface area contributed by atoms with Crippen LogP contribution < -0.4 is 4.84 Å². The highest BCUT2D eigenvalue weighted by atomic mass is 16.7. The fourth-order valence-electron chi connectivity index (χ4n) is 1.30. The summed E-state index contributed by atoms with van der Waals surface area (Å²) >= 11 is 0. The van der Waals surface area contributed by atoms with Crippen LogP contribution in [0.4, 0.5) is 0 Å². The third-order valence-corrected chi connectivity index (χ3v) is 1.85. The van der Waals surface area contributed by atoms with Crippen molar-refractivity contribution < 1.29 is 4.84 Å². The first kappa shape index (κ1) is 7.31. The van der Waals surface area contributed by atoms with E-state index in [1.165, 1.54) is 0 Å². The molecule has 0 fully saturated rings. The van der Waals surface area contributed by atoms with E-state index in [1.807, 2.05) is 31.3 Å². The third-order valence-electron chi connectivity index (χ3n) is 1.85. The predicted molar refractivity (Wildman–Crippen MR) is 46.5 cm³/mol. The van der Waals surface area contributed by atoms with Gasteiger partial charge in [0.05, 0.1) is 12.3 Å². The molecule has 0 saturated carbocycles. The molecule has 1 aliphatic heterocycles. The van der Waals surface area contributed by atoms with E-state index in [-0.39, 0.29) is 0 Å². The number of hydrogen-bond donors (Lipinski definition) is 1. The molecule has 1 heterocycles. The van der Waals surface area contributed by atoms with Gasteiger partial charge in [-0.25, -0.2) is 0 Å². The van der Waals surface area contributed by atoms with Crippen LogP contribution in [0.25, 0.3) is 0 Å². The van der Waals surface area contributed by atoms with Crippen molar-refractivity contribution in [2.75, 3.05) is 13.6 Å². The van der Waals surface area contributed by atoms with E-state index in [0.29, 0.717) is 12.3 Å². The summed E-state index contributed by atoms with van der Waals surface area (Å²) in [4.78, 5) is 5.39. The van der Waals surface area contributed by atoms with Crippen LogP contribution in [0.3, 0.4) is 0 Å². The molecule has 0 spiro atoms. The normalized spacial score (nSPS) is 16.9. The van der Waals surface area contributed by atoms with Gasteiger partial charge in [-0.2, -0.15) is 0 Å². The zero-order valence-electron chi connectivity index (χ0n) is 6.87. The fourth-order valence-corrected chi connectivity index (χ4v) is 1.30. The molecular weight excluding hydrogens is 152 g/mol. The van der Waals surface area contributed by atoms with Crippen LogP contribution >= 0.6 is 0 Å². The van der Waals surface area contributed by atoms with Crippen molar-refractivity contribution in [3.05, 3.63) is 29.8 Å². The summed E-state index contributed by atoms with van der Waals surface area (Å²) in [6.07, 6.45) is 0. The summed E-state index contributed by atoms with van der Waals surface area (Å²) in [6.45, 7) is 0.553. The highest BCUT2D eigenvalue weighted by Crippen LogP contribution is 2.22. The van der Waals surface area contributed by atoms with Crippen LogP contribution in [0.2, 0.25) is 0 Å². The molecule has 3 nitrogen and oxygen atoms in total. The van der Waals surface area contributed by atoms with Gasteiger partial charge in [-0.15, -0.1) is 5.06 Å². The quantitative estimate of drug-likeness (QED) is 0.624. The highest BCUT2D eigenvalue weighted by molar-refractivity contribution is 6.02. The third kappa shape index (κ3) is 1.08. The number of rotatable bonds is 0. The zero-order valence-corrected chi connectivity index (χ0v) is 6.87. The summed E-state index contributed by atoms with van der Waals surface area (Å²) in [5, 5.41) is 9.34. The van der Waals surface area contributed by atoms with Crippen molar-refractivity contribution in [3.8, 4) is 5.75 Å². The molecule has 3 heteroatoms. The molecule has 1 aliphatic rings. The lowest BCUT2D eigenvalue weighted by Gasteiger charge is -2.25. The lowest BCUT2D eigenvalue weighted by Crippen LogP contribution is -2.34. The maximum atomic E-state index is 7.68. The molecule has 0 radical (unpaired) electrons. The van der Waals surface area contributed by atoms with E-state index in [9.17, 15) is 0 Å². The lowest BCUT2D eigenvalue weighted by molar-refractivity contribution is -0.0210. The number of nitrogens with one attached hydrogen (secondary N) is 1. The van der Waals surface area contributed by atoms with Crippen LogP contribution in [-0.4, -0.2) is 24.4 Å². The lowest BCUT2D eigenvalue weighted by atomic mass is 10.1. The van der Waals surface area contributed by atoms with Crippen molar-refractivity contribution in [2.45, 2.75) is 0 Å². The molecule has 1 N–H and O–H groups in total. The number of hydroxylamine groups is 2. The van der Waals surface area contributed by atoms with Crippen LogP contribution in [0.5, 0.6) is 5.75 Å². The number of benzene rings is 1. The summed E-state index contributed by atoms with van der Waals surface area (Å²) < 4.78 is 0. The first-order valence-corrected chi connectivity index (χ1v) is 3.83. The Morgan fingerprint density at radius 3 is 3.00 bits per heavy atom. The van der Waals surface area contributed by atoms with Gasteiger partial charge in [0.1, 0.15) is 0 Å². The van der Waals surface area contributed by atoms with Gasteiger partial charge in [-0.3, -0.25) is 0 Å². The molecular formula is C9H10N2O. The van der Waals surface area contributed by atoms with Gasteiger partial charge in [-0.05, 0) is 12.1 Å². The van der Waals surface area contributed by atoms with E-state index < -0.39 is 0 Å². The second-order valence-electron chi connectivity index (χ2n) is 2.85. The van der Waals surface area contributed by atoms with Crippen LogP contribution in [0, 0.1) is 5.41 Å². The van der Waals surface area contributed by atoms with E-state index in [4.69, 9.17) is 10.2 Å². The minimum atomic E-state index is 0.553. The first-order chi connectivity index (χ1) is 5.77. The summed E-state index contributed by atoms with van der Waals surface area (Å²) in [5.74, 6) is 0.774. The minimum Gasteiger partial charge on any atom is -0.405 e. The Bertz CT molecular complexity index is 322. The molecule has 1 aromatic carbocycles. The average molecular weight is 162 g/mol. The zero-order chi connectivity index (χ0) is 8.55. The van der Waals surface area contributed by atoms with Crippen molar-refractivity contribution >= 4 is 5.71 Å². The van der Waals surface area contributed by atoms with E-state index in [0.717, 1.165) is 11.3 Å². The number of hydrogen-bond acceptors (Lipinski definition) is 3. The van der Waals surface area contributed by atoms with Crippen molar-refractivity contribution in [3.63, 3.8) is 0 Å². The largest absolute Gasteiger partial charge is 0.405 e. The second kappa shape index (κ2) is 2.60. The standard InChI is InChI=1S/C9H10N2O/c1-11-6-8(10)7-4-2-3-5-9(7)12-11/h2-5,10H,6H2,1H3. The molecule has 0 atom stereocenters. The van der Waals surface area contributed by atoms with Gasteiger partial charge < -0.3 is 10.2 Å². The summed E-state index contributed by atoms with van der Waals surface area (Å²) in [6, 6.07) is 7.61. The molecule has 0 unspecified atom stereocenters. The number of fused-ring (bicyclic) bond motifs is 1. The maximum Gasteiger partial charge on any atom is 0.156 e. The average Bonchev–Trinajstić information content (AvgIpc) is 2.04. The van der Waals surface area contributed by atoms with Crippen molar-refractivity contribution in [2.24, 2.45) is 0 Å². The Morgan fingerprint density at radius 2 is 2.17 bits per heavy atom. The molecule has 1 aromatic rings. The van der Waals surface area contributed by atoms with Gasteiger partial charge in [-0.1, -0.05) is 12.1 Å². The number of nitrogens with zero attached hydrogens (tertiary/aromatic N) is 1. The van der Waals surface area contributed by atoms with E-state index in [2.05, 4.69) is 0 Å². The molecule has 0 aromatic heterocycles. The van der Waals surface area contributed by atoms with Crippen LogP contribution in [-0.2, 0) is 0 Å². The van der Waals surface area contributed by atoms with Crippen LogP contribution in [0.15, 0.2) is 24.3 Å². The monoisotopic (exact) mass is 162 g/mol. The van der Waals surface area contributed by atoms with Gasteiger partial charge in [0.25, 0.3) is 0 Å². The van der Waals surface area contributed by atoms with Gasteiger partial charge in [0.15, 0.2) is 5.75 Å². The fraction of sp³-hybridized carbons (Fsp3) is 0.222. The van der Waals surface area contributed by atoms with Crippen LogP contribution in [0.1, 0.15) is 5.56 Å². The maximum absolute atomic E-state index is 7.68.